The number of aryl methyl sites for hydroxylation is 1. The Hall–Kier alpha value is -1.46. The van der Waals surface area contributed by atoms with Crippen LogP contribution in [0, 0.1) is 17.0 Å². The van der Waals surface area contributed by atoms with Gasteiger partial charge in [-0.1, -0.05) is 12.1 Å². The molecule has 0 aliphatic carbocycles. The van der Waals surface area contributed by atoms with Gasteiger partial charge in [-0.05, 0) is 6.92 Å². The molecule has 0 fully saturated rings. The largest absolute Gasteiger partial charge is 0.324 e. The molecule has 2 N–H and O–H groups in total. The molecule has 82 valence electrons. The van der Waals surface area contributed by atoms with Gasteiger partial charge in [-0.25, -0.2) is 0 Å². The van der Waals surface area contributed by atoms with Crippen molar-refractivity contribution in [2.24, 2.45) is 5.73 Å². The molecule has 0 bridgehead atoms. The molecule has 5 nitrogen and oxygen atoms in total. The first-order valence-corrected chi connectivity index (χ1v) is 4.04. The van der Waals surface area contributed by atoms with E-state index in [1.165, 1.54) is 12.1 Å². The van der Waals surface area contributed by atoms with Crippen molar-refractivity contribution in [2.75, 3.05) is 6.54 Å². The van der Waals surface area contributed by atoms with Crippen LogP contribution in [0.15, 0.2) is 18.2 Å². The molecule has 1 aromatic carbocycles. The summed E-state index contributed by atoms with van der Waals surface area (Å²) in [6.07, 6.45) is 0. The van der Waals surface area contributed by atoms with Crippen LogP contribution in [0.1, 0.15) is 15.9 Å². The number of hydrogen-bond acceptors (Lipinski definition) is 4. The number of hydrogen-bond donors (Lipinski definition) is 1. The first kappa shape index (κ1) is 13.5. The Kier molecular flexibility index (Phi) is 4.90. The normalized spacial score (nSPS) is 9.20. The molecule has 0 aromatic heterocycles. The average Bonchev–Trinajstić information content (AvgIpc) is 2.17. The number of nitrogens with zero attached hydrogens (tertiary/aromatic N) is 1. The van der Waals surface area contributed by atoms with Gasteiger partial charge in [-0.3, -0.25) is 14.9 Å². The van der Waals surface area contributed by atoms with E-state index in [9.17, 15) is 14.9 Å². The minimum Gasteiger partial charge on any atom is -0.324 e. The quantitative estimate of drug-likeness (QED) is 0.484. The maximum Gasteiger partial charge on any atom is 0.273 e. The van der Waals surface area contributed by atoms with Gasteiger partial charge in [0.2, 0.25) is 0 Å². The summed E-state index contributed by atoms with van der Waals surface area (Å²) in [6.45, 7) is 1.48. The summed E-state index contributed by atoms with van der Waals surface area (Å²) < 4.78 is 0. The fraction of sp³-hybridized carbons (Fsp3) is 0.222. The van der Waals surface area contributed by atoms with Crippen LogP contribution in [-0.2, 0) is 0 Å². The Morgan fingerprint density at radius 2 is 2.13 bits per heavy atom. The number of carbonyl (C=O) groups excluding carboxylic acids is 1. The van der Waals surface area contributed by atoms with Crippen LogP contribution in [0.5, 0.6) is 0 Å². The highest BCUT2D eigenvalue weighted by Gasteiger charge is 2.13. The van der Waals surface area contributed by atoms with Crippen molar-refractivity contribution in [3.05, 3.63) is 39.4 Å². The first-order chi connectivity index (χ1) is 6.56. The van der Waals surface area contributed by atoms with Gasteiger partial charge in [-0.2, -0.15) is 0 Å². The molecule has 0 aliphatic heterocycles. The molecular formula is C9H11ClN2O3. The Morgan fingerprint density at radius 3 is 2.60 bits per heavy atom. The zero-order chi connectivity index (χ0) is 10.7. The number of benzene rings is 1. The predicted molar refractivity (Wildman–Crippen MR) is 58.5 cm³/mol. The summed E-state index contributed by atoms with van der Waals surface area (Å²) >= 11 is 0. The number of nitro groups is 1. The van der Waals surface area contributed by atoms with Gasteiger partial charge in [0.15, 0.2) is 5.78 Å². The van der Waals surface area contributed by atoms with E-state index in [4.69, 9.17) is 5.73 Å². The Bertz CT molecular complexity index is 393. The van der Waals surface area contributed by atoms with Crippen molar-refractivity contribution in [2.45, 2.75) is 6.92 Å². The summed E-state index contributed by atoms with van der Waals surface area (Å²) in [5.41, 5.74) is 5.91. The summed E-state index contributed by atoms with van der Waals surface area (Å²) in [7, 11) is 0. The molecule has 0 atom stereocenters. The predicted octanol–water partition coefficient (Wildman–Crippen LogP) is 1.47. The van der Waals surface area contributed by atoms with E-state index >= 15 is 0 Å². The van der Waals surface area contributed by atoms with Crippen molar-refractivity contribution >= 4 is 23.9 Å². The lowest BCUT2D eigenvalue weighted by molar-refractivity contribution is -0.385. The average molecular weight is 231 g/mol. The van der Waals surface area contributed by atoms with Gasteiger partial charge in [0, 0.05) is 17.2 Å². The lowest BCUT2D eigenvalue weighted by Crippen LogP contribution is -2.13. The van der Waals surface area contributed by atoms with Crippen LogP contribution in [0.3, 0.4) is 0 Å². The number of rotatable bonds is 3. The monoisotopic (exact) mass is 230 g/mol. The van der Waals surface area contributed by atoms with Gasteiger partial charge in [0.25, 0.3) is 5.69 Å². The fourth-order valence-corrected chi connectivity index (χ4v) is 1.10. The van der Waals surface area contributed by atoms with E-state index in [0.717, 1.165) is 0 Å². The molecular weight excluding hydrogens is 220 g/mol. The second-order valence-electron chi connectivity index (χ2n) is 2.89. The summed E-state index contributed by atoms with van der Waals surface area (Å²) in [5, 5.41) is 10.5. The van der Waals surface area contributed by atoms with E-state index in [0.29, 0.717) is 5.56 Å². The maximum absolute atomic E-state index is 11.2. The van der Waals surface area contributed by atoms with E-state index in [1.807, 2.05) is 0 Å². The standard InChI is InChI=1S/C9H10N2O3.ClH/c1-6-2-3-7(9(12)5-10)4-8(6)11(13)14;/h2-4H,5,10H2,1H3;1H. The van der Waals surface area contributed by atoms with Crippen molar-refractivity contribution < 1.29 is 9.72 Å². The summed E-state index contributed by atoms with van der Waals surface area (Å²) in [5.74, 6) is -0.298. The second kappa shape index (κ2) is 5.43. The number of nitro benzene ring substituents is 1. The summed E-state index contributed by atoms with van der Waals surface area (Å²) in [6, 6.07) is 4.34. The second-order valence-corrected chi connectivity index (χ2v) is 2.89. The highest BCUT2D eigenvalue weighted by atomic mass is 35.5. The van der Waals surface area contributed by atoms with Gasteiger partial charge >= 0.3 is 0 Å². The number of carbonyl (C=O) groups is 1. The Balaban J connectivity index is 0.00000196. The third-order valence-electron chi connectivity index (χ3n) is 1.91. The van der Waals surface area contributed by atoms with Crippen LogP contribution in [0.4, 0.5) is 5.69 Å². The molecule has 0 amide bonds. The molecule has 1 aromatic rings. The minimum atomic E-state index is -0.511. The van der Waals surface area contributed by atoms with E-state index in [1.54, 1.807) is 13.0 Å². The highest BCUT2D eigenvalue weighted by molar-refractivity contribution is 5.98. The number of ketones is 1. The smallest absolute Gasteiger partial charge is 0.273 e. The first-order valence-electron chi connectivity index (χ1n) is 4.04. The molecule has 0 spiro atoms. The van der Waals surface area contributed by atoms with Crippen LogP contribution in [0.25, 0.3) is 0 Å². The zero-order valence-electron chi connectivity index (χ0n) is 8.10. The molecule has 0 heterocycles. The van der Waals surface area contributed by atoms with Gasteiger partial charge < -0.3 is 5.73 Å². The van der Waals surface area contributed by atoms with E-state index < -0.39 is 4.92 Å². The molecule has 1 rings (SSSR count). The topological polar surface area (TPSA) is 86.2 Å². The van der Waals surface area contributed by atoms with Crippen molar-refractivity contribution in [1.82, 2.24) is 0 Å². The number of halogens is 1. The molecule has 15 heavy (non-hydrogen) atoms. The number of nitrogens with two attached hydrogens (primary N) is 1. The molecule has 0 saturated carbocycles. The Morgan fingerprint density at radius 1 is 1.53 bits per heavy atom. The lowest BCUT2D eigenvalue weighted by atomic mass is 10.1. The van der Waals surface area contributed by atoms with Crippen LogP contribution in [-0.4, -0.2) is 17.3 Å². The fourth-order valence-electron chi connectivity index (χ4n) is 1.10. The SMILES string of the molecule is Cc1ccc(C(=O)CN)cc1[N+](=O)[O-].Cl. The zero-order valence-corrected chi connectivity index (χ0v) is 8.91. The lowest BCUT2D eigenvalue weighted by Gasteiger charge is -2.00. The van der Waals surface area contributed by atoms with Gasteiger partial charge in [-0.15, -0.1) is 12.4 Å². The molecule has 0 aliphatic rings. The van der Waals surface area contributed by atoms with Crippen molar-refractivity contribution in [3.63, 3.8) is 0 Å². The van der Waals surface area contributed by atoms with E-state index in [-0.39, 0.29) is 36.0 Å². The highest BCUT2D eigenvalue weighted by Crippen LogP contribution is 2.19. The molecule has 6 heteroatoms. The summed E-state index contributed by atoms with van der Waals surface area (Å²) in [4.78, 5) is 21.2. The van der Waals surface area contributed by atoms with Crippen molar-refractivity contribution in [3.8, 4) is 0 Å². The van der Waals surface area contributed by atoms with Crippen LogP contribution >= 0.6 is 12.4 Å². The van der Waals surface area contributed by atoms with Crippen LogP contribution < -0.4 is 5.73 Å². The molecule has 0 unspecified atom stereocenters. The third kappa shape index (κ3) is 3.00. The van der Waals surface area contributed by atoms with Gasteiger partial charge in [0.1, 0.15) is 0 Å². The van der Waals surface area contributed by atoms with Gasteiger partial charge in [0.05, 0.1) is 11.5 Å². The van der Waals surface area contributed by atoms with E-state index in [2.05, 4.69) is 0 Å². The molecule has 0 radical (unpaired) electrons. The third-order valence-corrected chi connectivity index (χ3v) is 1.91. The minimum absolute atomic E-state index is 0. The van der Waals surface area contributed by atoms with Crippen LogP contribution in [0.2, 0.25) is 0 Å². The maximum atomic E-state index is 11.2. The Labute approximate surface area is 92.8 Å². The van der Waals surface area contributed by atoms with Crippen molar-refractivity contribution in [1.29, 1.82) is 0 Å². The molecule has 0 saturated heterocycles. The number of Topliss-reactive ketones (excluding diaryl/α,β-unsaturated/α-hetero) is 1.